The Hall–Kier alpha value is -1.30. The fourth-order valence-electron chi connectivity index (χ4n) is 1.80. The van der Waals surface area contributed by atoms with E-state index in [-0.39, 0.29) is 24.0 Å². The van der Waals surface area contributed by atoms with Crippen LogP contribution in [-0.4, -0.2) is 56.2 Å². The van der Waals surface area contributed by atoms with Gasteiger partial charge in [-0.15, -0.1) is 0 Å². The molecule has 0 bridgehead atoms. The highest BCUT2D eigenvalue weighted by Crippen LogP contribution is 2.03. The number of amides is 2. The molecule has 0 radical (unpaired) electrons. The van der Waals surface area contributed by atoms with Gasteiger partial charge in [-0.05, 0) is 5.92 Å². The van der Waals surface area contributed by atoms with E-state index in [9.17, 15) is 9.59 Å². The second-order valence-corrected chi connectivity index (χ2v) is 4.42. The van der Waals surface area contributed by atoms with Crippen molar-refractivity contribution in [3.8, 4) is 0 Å². The molecule has 1 fully saturated rings. The number of nitrogens with one attached hydrogen (secondary N) is 2. The van der Waals surface area contributed by atoms with E-state index in [1.807, 2.05) is 13.8 Å². The molecule has 0 aromatic carbocycles. The van der Waals surface area contributed by atoms with Crippen LogP contribution in [0, 0.1) is 5.92 Å². The van der Waals surface area contributed by atoms with Crippen molar-refractivity contribution in [1.82, 2.24) is 15.5 Å². The Labute approximate surface area is 102 Å². The highest BCUT2D eigenvalue weighted by molar-refractivity contribution is 5.76. The highest BCUT2D eigenvalue weighted by atomic mass is 16.5. The Morgan fingerprint density at radius 3 is 2.76 bits per heavy atom. The Morgan fingerprint density at radius 1 is 1.59 bits per heavy atom. The van der Waals surface area contributed by atoms with Gasteiger partial charge in [0.05, 0.1) is 7.11 Å². The summed E-state index contributed by atoms with van der Waals surface area (Å²) in [6.07, 6.45) is 0. The van der Waals surface area contributed by atoms with E-state index in [1.165, 1.54) is 7.11 Å². The van der Waals surface area contributed by atoms with Crippen LogP contribution in [0.15, 0.2) is 0 Å². The maximum absolute atomic E-state index is 11.5. The third kappa shape index (κ3) is 3.89. The molecule has 1 unspecified atom stereocenters. The number of hydrogen-bond acceptors (Lipinski definition) is 4. The quantitative estimate of drug-likeness (QED) is 0.634. The van der Waals surface area contributed by atoms with Gasteiger partial charge < -0.3 is 20.3 Å². The van der Waals surface area contributed by atoms with Crippen LogP contribution in [-0.2, 0) is 9.53 Å². The molecule has 0 aromatic heterocycles. The van der Waals surface area contributed by atoms with E-state index in [0.717, 1.165) is 6.54 Å². The summed E-state index contributed by atoms with van der Waals surface area (Å²) in [5.74, 6) is -0.0965. The molecule has 2 N–H and O–H groups in total. The zero-order valence-corrected chi connectivity index (χ0v) is 10.7. The number of esters is 1. The Balaban J connectivity index is 2.32. The van der Waals surface area contributed by atoms with Gasteiger partial charge in [0.15, 0.2) is 0 Å². The van der Waals surface area contributed by atoms with E-state index < -0.39 is 0 Å². The van der Waals surface area contributed by atoms with E-state index in [2.05, 4.69) is 10.6 Å². The van der Waals surface area contributed by atoms with Crippen molar-refractivity contribution >= 4 is 12.0 Å². The molecular weight excluding hydrogens is 222 g/mol. The average molecular weight is 243 g/mol. The van der Waals surface area contributed by atoms with Gasteiger partial charge in [0.25, 0.3) is 0 Å². The predicted molar refractivity (Wildman–Crippen MR) is 63.6 cm³/mol. The van der Waals surface area contributed by atoms with Gasteiger partial charge in [0, 0.05) is 26.2 Å². The summed E-state index contributed by atoms with van der Waals surface area (Å²) >= 11 is 0. The number of methoxy groups -OCH3 is 1. The smallest absolute Gasteiger partial charge is 0.323 e. The first-order valence-corrected chi connectivity index (χ1v) is 5.90. The SMILES string of the molecule is COC(=O)C(NCCN1CCNC1=O)C(C)C. The summed E-state index contributed by atoms with van der Waals surface area (Å²) < 4.78 is 4.72. The molecule has 98 valence electrons. The maximum atomic E-state index is 11.5. The lowest BCUT2D eigenvalue weighted by Crippen LogP contribution is -2.45. The van der Waals surface area contributed by atoms with Crippen molar-refractivity contribution in [2.75, 3.05) is 33.3 Å². The number of carbonyl (C=O) groups is 2. The molecule has 1 aliphatic rings. The molecule has 0 aliphatic carbocycles. The summed E-state index contributed by atoms with van der Waals surface area (Å²) in [5.41, 5.74) is 0. The Bertz CT molecular complexity index is 281. The van der Waals surface area contributed by atoms with E-state index in [0.29, 0.717) is 19.6 Å². The average Bonchev–Trinajstić information content (AvgIpc) is 2.69. The second kappa shape index (κ2) is 6.44. The number of ether oxygens (including phenoxy) is 1. The van der Waals surface area contributed by atoms with Crippen LogP contribution < -0.4 is 10.6 Å². The van der Waals surface area contributed by atoms with Gasteiger partial charge in [-0.2, -0.15) is 0 Å². The lowest BCUT2D eigenvalue weighted by molar-refractivity contribution is -0.144. The third-order valence-electron chi connectivity index (χ3n) is 2.81. The molecule has 1 rings (SSSR count). The fraction of sp³-hybridized carbons (Fsp3) is 0.818. The molecule has 6 nitrogen and oxygen atoms in total. The van der Waals surface area contributed by atoms with Gasteiger partial charge in [-0.3, -0.25) is 4.79 Å². The van der Waals surface area contributed by atoms with Crippen LogP contribution in [0.4, 0.5) is 4.79 Å². The summed E-state index contributed by atoms with van der Waals surface area (Å²) in [6.45, 7) is 6.53. The van der Waals surface area contributed by atoms with Crippen LogP contribution in [0.3, 0.4) is 0 Å². The third-order valence-corrected chi connectivity index (χ3v) is 2.81. The second-order valence-electron chi connectivity index (χ2n) is 4.42. The van der Waals surface area contributed by atoms with Crippen molar-refractivity contribution in [2.24, 2.45) is 5.92 Å². The van der Waals surface area contributed by atoms with Crippen molar-refractivity contribution in [3.63, 3.8) is 0 Å². The lowest BCUT2D eigenvalue weighted by atomic mass is 10.0. The zero-order chi connectivity index (χ0) is 12.8. The van der Waals surface area contributed by atoms with E-state index >= 15 is 0 Å². The summed E-state index contributed by atoms with van der Waals surface area (Å²) in [6, 6.07) is -0.350. The van der Waals surface area contributed by atoms with Crippen molar-refractivity contribution in [3.05, 3.63) is 0 Å². The molecule has 1 heterocycles. The van der Waals surface area contributed by atoms with Gasteiger partial charge >= 0.3 is 12.0 Å². The largest absolute Gasteiger partial charge is 0.468 e. The minimum atomic E-state index is -0.314. The van der Waals surface area contributed by atoms with Crippen molar-refractivity contribution in [1.29, 1.82) is 0 Å². The molecule has 17 heavy (non-hydrogen) atoms. The van der Waals surface area contributed by atoms with Crippen LogP contribution in [0.25, 0.3) is 0 Å². The first-order chi connectivity index (χ1) is 8.06. The molecule has 0 saturated carbocycles. The van der Waals surface area contributed by atoms with Crippen LogP contribution >= 0.6 is 0 Å². The summed E-state index contributed by atoms with van der Waals surface area (Å²) in [5, 5.41) is 5.85. The number of hydrogen-bond donors (Lipinski definition) is 2. The number of rotatable bonds is 6. The van der Waals surface area contributed by atoms with Crippen molar-refractivity contribution in [2.45, 2.75) is 19.9 Å². The molecule has 2 amide bonds. The number of urea groups is 1. The van der Waals surface area contributed by atoms with Crippen LogP contribution in [0.2, 0.25) is 0 Å². The molecular formula is C11H21N3O3. The molecule has 6 heteroatoms. The van der Waals surface area contributed by atoms with Crippen LogP contribution in [0.5, 0.6) is 0 Å². The molecule has 1 aliphatic heterocycles. The normalized spacial score (nSPS) is 17.2. The predicted octanol–water partition coefficient (Wildman–Crippen LogP) is -0.201. The fourth-order valence-corrected chi connectivity index (χ4v) is 1.80. The van der Waals surface area contributed by atoms with Gasteiger partial charge in [0.2, 0.25) is 0 Å². The Kier molecular flexibility index (Phi) is 5.21. The van der Waals surface area contributed by atoms with Crippen LogP contribution in [0.1, 0.15) is 13.8 Å². The standard InChI is InChI=1S/C11H21N3O3/c1-8(2)9(10(15)17-3)12-4-6-14-7-5-13-11(14)16/h8-9,12H,4-7H2,1-3H3,(H,13,16). The molecule has 0 aromatic rings. The first-order valence-electron chi connectivity index (χ1n) is 5.90. The maximum Gasteiger partial charge on any atom is 0.323 e. The molecule has 0 spiro atoms. The van der Waals surface area contributed by atoms with E-state index in [1.54, 1.807) is 4.90 Å². The summed E-state index contributed by atoms with van der Waals surface area (Å²) in [4.78, 5) is 24.5. The first kappa shape index (κ1) is 13.8. The Morgan fingerprint density at radius 2 is 2.29 bits per heavy atom. The molecule has 1 saturated heterocycles. The minimum Gasteiger partial charge on any atom is -0.468 e. The number of nitrogens with zero attached hydrogens (tertiary/aromatic N) is 1. The van der Waals surface area contributed by atoms with E-state index in [4.69, 9.17) is 4.74 Å². The number of carbonyl (C=O) groups excluding carboxylic acids is 2. The van der Waals surface area contributed by atoms with Crippen molar-refractivity contribution < 1.29 is 14.3 Å². The van der Waals surface area contributed by atoms with Gasteiger partial charge in [-0.1, -0.05) is 13.8 Å². The topological polar surface area (TPSA) is 70.7 Å². The summed E-state index contributed by atoms with van der Waals surface area (Å²) in [7, 11) is 1.38. The monoisotopic (exact) mass is 243 g/mol. The minimum absolute atomic E-state index is 0.0361. The molecule has 1 atom stereocenters. The van der Waals surface area contributed by atoms with Gasteiger partial charge in [-0.25, -0.2) is 4.79 Å². The van der Waals surface area contributed by atoms with Gasteiger partial charge in [0.1, 0.15) is 6.04 Å². The zero-order valence-electron chi connectivity index (χ0n) is 10.7. The lowest BCUT2D eigenvalue weighted by Gasteiger charge is -2.21. The highest BCUT2D eigenvalue weighted by Gasteiger charge is 2.23.